The first kappa shape index (κ1) is 14.3. The lowest BCUT2D eigenvalue weighted by atomic mass is 10.1. The first-order chi connectivity index (χ1) is 9.31. The molecule has 1 aliphatic rings. The van der Waals surface area contributed by atoms with Crippen LogP contribution in [0.15, 0.2) is 12.3 Å². The molecule has 0 aliphatic carbocycles. The minimum absolute atomic E-state index is 0.298. The van der Waals surface area contributed by atoms with Gasteiger partial charge in [-0.15, -0.1) is 0 Å². The Balaban J connectivity index is 2.05. The highest BCUT2D eigenvalue weighted by molar-refractivity contribution is 5.46. The fourth-order valence-corrected chi connectivity index (χ4v) is 2.50. The summed E-state index contributed by atoms with van der Waals surface area (Å²) in [5.74, 6) is -0.298. The molecule has 1 aliphatic heterocycles. The number of hydrogen-bond acceptors (Lipinski definition) is 3. The van der Waals surface area contributed by atoms with E-state index < -0.39 is 0 Å². The molecule has 0 saturated carbocycles. The van der Waals surface area contributed by atoms with Crippen molar-refractivity contribution in [2.75, 3.05) is 31.1 Å². The second kappa shape index (κ2) is 7.43. The maximum absolute atomic E-state index is 13.7. The van der Waals surface area contributed by atoms with E-state index in [4.69, 9.17) is 0 Å². The summed E-state index contributed by atoms with van der Waals surface area (Å²) < 4.78 is 13.7. The lowest BCUT2D eigenvalue weighted by molar-refractivity contribution is 0.558. The van der Waals surface area contributed by atoms with Crippen LogP contribution in [0, 0.1) is 5.95 Å². The number of pyridine rings is 1. The molecule has 0 aromatic carbocycles. The van der Waals surface area contributed by atoms with Gasteiger partial charge in [0.05, 0.1) is 11.9 Å². The van der Waals surface area contributed by atoms with Crippen LogP contribution in [-0.4, -0.2) is 31.2 Å². The van der Waals surface area contributed by atoms with Gasteiger partial charge < -0.3 is 10.2 Å². The summed E-state index contributed by atoms with van der Waals surface area (Å²) in [6.45, 7) is 6.21. The van der Waals surface area contributed by atoms with Crippen LogP contribution in [0.2, 0.25) is 0 Å². The topological polar surface area (TPSA) is 28.2 Å². The molecular formula is C15H24FN3. The van der Waals surface area contributed by atoms with E-state index in [0.29, 0.717) is 0 Å². The zero-order chi connectivity index (χ0) is 13.5. The van der Waals surface area contributed by atoms with Gasteiger partial charge in [0.2, 0.25) is 5.95 Å². The van der Waals surface area contributed by atoms with E-state index in [-0.39, 0.29) is 5.95 Å². The van der Waals surface area contributed by atoms with Gasteiger partial charge in [-0.2, -0.15) is 4.39 Å². The van der Waals surface area contributed by atoms with E-state index in [1.807, 2.05) is 6.07 Å². The Kier molecular flexibility index (Phi) is 5.58. The number of halogens is 1. The SMILES string of the molecule is CCCCCc1cc(N2CCCNCC2)cnc1F. The lowest BCUT2D eigenvalue weighted by Crippen LogP contribution is -2.28. The molecule has 1 aromatic heterocycles. The molecule has 1 fully saturated rings. The highest BCUT2D eigenvalue weighted by Crippen LogP contribution is 2.19. The van der Waals surface area contributed by atoms with Crippen molar-refractivity contribution in [3.63, 3.8) is 0 Å². The third kappa shape index (κ3) is 4.16. The van der Waals surface area contributed by atoms with E-state index in [1.54, 1.807) is 6.20 Å². The van der Waals surface area contributed by atoms with Crippen molar-refractivity contribution in [1.29, 1.82) is 0 Å². The summed E-state index contributed by atoms with van der Waals surface area (Å²) >= 11 is 0. The summed E-state index contributed by atoms with van der Waals surface area (Å²) in [7, 11) is 0. The molecule has 2 rings (SSSR count). The molecule has 3 nitrogen and oxygen atoms in total. The number of aryl methyl sites for hydroxylation is 1. The second-order valence-corrected chi connectivity index (χ2v) is 5.19. The third-order valence-corrected chi connectivity index (χ3v) is 3.65. The van der Waals surface area contributed by atoms with Crippen LogP contribution in [-0.2, 0) is 6.42 Å². The number of rotatable bonds is 5. The Morgan fingerprint density at radius 2 is 2.21 bits per heavy atom. The highest BCUT2D eigenvalue weighted by Gasteiger charge is 2.12. The van der Waals surface area contributed by atoms with Gasteiger partial charge in [-0.05, 0) is 31.9 Å². The monoisotopic (exact) mass is 265 g/mol. The van der Waals surface area contributed by atoms with Gasteiger partial charge in [-0.1, -0.05) is 19.8 Å². The number of aromatic nitrogens is 1. The fraction of sp³-hybridized carbons (Fsp3) is 0.667. The zero-order valence-corrected chi connectivity index (χ0v) is 11.8. The van der Waals surface area contributed by atoms with Crippen LogP contribution in [0.25, 0.3) is 0 Å². The minimum atomic E-state index is -0.298. The van der Waals surface area contributed by atoms with Crippen LogP contribution in [0.5, 0.6) is 0 Å². The Morgan fingerprint density at radius 1 is 1.32 bits per heavy atom. The number of nitrogens with one attached hydrogen (secondary N) is 1. The molecule has 1 aromatic rings. The molecule has 0 atom stereocenters. The number of unbranched alkanes of at least 4 members (excludes halogenated alkanes) is 2. The maximum Gasteiger partial charge on any atom is 0.216 e. The average molecular weight is 265 g/mol. The summed E-state index contributed by atoms with van der Waals surface area (Å²) in [4.78, 5) is 6.24. The van der Waals surface area contributed by atoms with Gasteiger partial charge in [0, 0.05) is 25.2 Å². The number of nitrogens with zero attached hydrogens (tertiary/aromatic N) is 2. The van der Waals surface area contributed by atoms with Gasteiger partial charge in [0.1, 0.15) is 0 Å². The molecule has 1 N–H and O–H groups in total. The largest absolute Gasteiger partial charge is 0.369 e. The van der Waals surface area contributed by atoms with E-state index in [0.717, 1.165) is 69.5 Å². The molecular weight excluding hydrogens is 241 g/mol. The van der Waals surface area contributed by atoms with Crippen LogP contribution >= 0.6 is 0 Å². The Morgan fingerprint density at radius 3 is 3.05 bits per heavy atom. The summed E-state index contributed by atoms with van der Waals surface area (Å²) in [6.07, 6.45) is 6.95. The van der Waals surface area contributed by atoms with Crippen LogP contribution in [0.4, 0.5) is 10.1 Å². The normalized spacial score (nSPS) is 16.4. The summed E-state index contributed by atoms with van der Waals surface area (Å²) in [5.41, 5.74) is 1.83. The van der Waals surface area contributed by atoms with Gasteiger partial charge in [-0.25, -0.2) is 4.98 Å². The standard InChI is InChI=1S/C15H24FN3/c1-2-3-4-6-13-11-14(12-18-15(13)16)19-9-5-7-17-8-10-19/h11-12,17H,2-10H2,1H3. The summed E-state index contributed by atoms with van der Waals surface area (Å²) in [5, 5.41) is 3.38. The van der Waals surface area contributed by atoms with Crippen molar-refractivity contribution in [3.05, 3.63) is 23.8 Å². The Hall–Kier alpha value is -1.16. The first-order valence-electron chi connectivity index (χ1n) is 7.41. The molecule has 0 radical (unpaired) electrons. The number of anilines is 1. The molecule has 0 bridgehead atoms. The highest BCUT2D eigenvalue weighted by atomic mass is 19.1. The molecule has 0 spiro atoms. The van der Waals surface area contributed by atoms with Crippen molar-refractivity contribution in [1.82, 2.24) is 10.3 Å². The number of hydrogen-bond donors (Lipinski definition) is 1. The molecule has 4 heteroatoms. The molecule has 0 amide bonds. The first-order valence-corrected chi connectivity index (χ1v) is 7.41. The van der Waals surface area contributed by atoms with Crippen LogP contribution < -0.4 is 10.2 Å². The molecule has 0 unspecified atom stereocenters. The zero-order valence-electron chi connectivity index (χ0n) is 11.8. The quantitative estimate of drug-likeness (QED) is 0.655. The average Bonchev–Trinajstić information content (AvgIpc) is 2.70. The predicted octanol–water partition coefficient (Wildman–Crippen LogP) is 2.75. The van der Waals surface area contributed by atoms with Gasteiger partial charge in [0.15, 0.2) is 0 Å². The lowest BCUT2D eigenvalue weighted by Gasteiger charge is -2.22. The minimum Gasteiger partial charge on any atom is -0.369 e. The Bertz CT molecular complexity index is 387. The van der Waals surface area contributed by atoms with Crippen molar-refractivity contribution < 1.29 is 4.39 Å². The van der Waals surface area contributed by atoms with Crippen molar-refractivity contribution in [3.8, 4) is 0 Å². The van der Waals surface area contributed by atoms with E-state index in [9.17, 15) is 4.39 Å². The fourth-order valence-electron chi connectivity index (χ4n) is 2.50. The summed E-state index contributed by atoms with van der Waals surface area (Å²) in [6, 6.07) is 1.99. The second-order valence-electron chi connectivity index (χ2n) is 5.19. The van der Waals surface area contributed by atoms with E-state index in [1.165, 1.54) is 0 Å². The van der Waals surface area contributed by atoms with Gasteiger partial charge in [0.25, 0.3) is 0 Å². The third-order valence-electron chi connectivity index (χ3n) is 3.65. The maximum atomic E-state index is 13.7. The van der Waals surface area contributed by atoms with Gasteiger partial charge in [-0.3, -0.25) is 0 Å². The molecule has 2 heterocycles. The van der Waals surface area contributed by atoms with E-state index in [2.05, 4.69) is 22.1 Å². The van der Waals surface area contributed by atoms with Gasteiger partial charge >= 0.3 is 0 Å². The predicted molar refractivity (Wildman–Crippen MR) is 77.1 cm³/mol. The van der Waals surface area contributed by atoms with Crippen LogP contribution in [0.1, 0.15) is 38.2 Å². The van der Waals surface area contributed by atoms with E-state index >= 15 is 0 Å². The molecule has 106 valence electrons. The smallest absolute Gasteiger partial charge is 0.216 e. The van der Waals surface area contributed by atoms with Crippen molar-refractivity contribution >= 4 is 5.69 Å². The van der Waals surface area contributed by atoms with Crippen LogP contribution in [0.3, 0.4) is 0 Å². The van der Waals surface area contributed by atoms with Crippen molar-refractivity contribution in [2.24, 2.45) is 0 Å². The Labute approximate surface area is 115 Å². The van der Waals surface area contributed by atoms with Crippen molar-refractivity contribution in [2.45, 2.75) is 39.0 Å². The molecule has 1 saturated heterocycles. The molecule has 19 heavy (non-hydrogen) atoms.